The third kappa shape index (κ3) is 1.76. The number of carbonyl (C=O) groups is 1. The van der Waals surface area contributed by atoms with E-state index in [-0.39, 0.29) is 5.92 Å². The van der Waals surface area contributed by atoms with Crippen LogP contribution in [-0.4, -0.2) is 49.1 Å². The van der Waals surface area contributed by atoms with E-state index >= 15 is 0 Å². The number of hydrogen-bond donors (Lipinski definition) is 2. The Balaban J connectivity index is 1.63. The molecule has 0 saturated carbocycles. The molecule has 0 aliphatic carbocycles. The summed E-state index contributed by atoms with van der Waals surface area (Å²) in [5.74, 6) is 0.643. The van der Waals surface area contributed by atoms with E-state index in [0.29, 0.717) is 18.0 Å². The molecule has 3 aliphatic rings. The molecule has 3 fully saturated rings. The highest BCUT2D eigenvalue weighted by Crippen LogP contribution is 2.21. The molecule has 2 unspecified atom stereocenters. The second-order valence-corrected chi connectivity index (χ2v) is 5.07. The first-order valence-electron chi connectivity index (χ1n) is 6.08. The largest absolute Gasteiger partial charge is 0.341 e. The maximum absolute atomic E-state index is 12.1. The molecule has 0 spiro atoms. The second-order valence-electron chi connectivity index (χ2n) is 5.07. The highest BCUT2D eigenvalue weighted by Gasteiger charge is 2.35. The van der Waals surface area contributed by atoms with Crippen LogP contribution < -0.4 is 10.6 Å². The summed E-state index contributed by atoms with van der Waals surface area (Å²) in [5, 5.41) is 6.77. The molecule has 2 atom stereocenters. The number of nitrogens with one attached hydrogen (secondary N) is 2. The fourth-order valence-corrected chi connectivity index (χ4v) is 2.86. The first-order chi connectivity index (χ1) is 7.33. The van der Waals surface area contributed by atoms with E-state index in [1.807, 2.05) is 0 Å². The summed E-state index contributed by atoms with van der Waals surface area (Å²) < 4.78 is 0. The van der Waals surface area contributed by atoms with Crippen molar-refractivity contribution in [3.05, 3.63) is 0 Å². The van der Waals surface area contributed by atoms with Crippen LogP contribution in [0.3, 0.4) is 0 Å². The van der Waals surface area contributed by atoms with Gasteiger partial charge >= 0.3 is 0 Å². The fourth-order valence-electron chi connectivity index (χ4n) is 2.86. The molecule has 84 valence electrons. The van der Waals surface area contributed by atoms with Crippen molar-refractivity contribution >= 4 is 5.91 Å². The predicted octanol–water partition coefficient (Wildman–Crippen LogP) is -0.441. The maximum Gasteiger partial charge on any atom is 0.228 e. The molecule has 0 aromatic rings. The van der Waals surface area contributed by atoms with Crippen molar-refractivity contribution in [2.24, 2.45) is 5.92 Å². The normalized spacial score (nSPS) is 36.1. The van der Waals surface area contributed by atoms with E-state index in [1.54, 1.807) is 0 Å². The summed E-state index contributed by atoms with van der Waals surface area (Å²) in [6, 6.07) is 1.24. The number of hydrogen-bond acceptors (Lipinski definition) is 3. The molecule has 3 rings (SSSR count). The lowest BCUT2D eigenvalue weighted by molar-refractivity contribution is -0.137. The summed E-state index contributed by atoms with van der Waals surface area (Å²) in [6.07, 6.45) is 3.69. The minimum atomic E-state index is 0.265. The number of amides is 1. The summed E-state index contributed by atoms with van der Waals surface area (Å²) >= 11 is 0. The van der Waals surface area contributed by atoms with E-state index < -0.39 is 0 Å². The Morgan fingerprint density at radius 1 is 1.13 bits per heavy atom. The summed E-state index contributed by atoms with van der Waals surface area (Å²) in [6.45, 7) is 3.67. The van der Waals surface area contributed by atoms with Crippen molar-refractivity contribution in [3.63, 3.8) is 0 Å². The van der Waals surface area contributed by atoms with Crippen LogP contribution in [0.1, 0.15) is 19.3 Å². The van der Waals surface area contributed by atoms with Crippen LogP contribution in [0.2, 0.25) is 0 Å². The van der Waals surface area contributed by atoms with Gasteiger partial charge in [0, 0.05) is 38.3 Å². The van der Waals surface area contributed by atoms with Crippen molar-refractivity contribution in [1.29, 1.82) is 0 Å². The molecule has 15 heavy (non-hydrogen) atoms. The first-order valence-corrected chi connectivity index (χ1v) is 6.08. The molecule has 4 nitrogen and oxygen atoms in total. The molecule has 2 N–H and O–H groups in total. The molecule has 4 heteroatoms. The number of fused-ring (bicyclic) bond motifs is 2. The van der Waals surface area contributed by atoms with Gasteiger partial charge in [-0.05, 0) is 19.3 Å². The zero-order valence-corrected chi connectivity index (χ0v) is 9.04. The second kappa shape index (κ2) is 3.76. The topological polar surface area (TPSA) is 44.4 Å². The summed E-state index contributed by atoms with van der Waals surface area (Å²) in [7, 11) is 0. The van der Waals surface area contributed by atoms with Gasteiger partial charge in [-0.15, -0.1) is 0 Å². The Kier molecular flexibility index (Phi) is 2.41. The van der Waals surface area contributed by atoms with E-state index in [1.165, 1.54) is 12.8 Å². The van der Waals surface area contributed by atoms with Crippen LogP contribution in [0.4, 0.5) is 0 Å². The van der Waals surface area contributed by atoms with Crippen molar-refractivity contribution in [3.8, 4) is 0 Å². The van der Waals surface area contributed by atoms with Crippen molar-refractivity contribution in [2.45, 2.75) is 31.3 Å². The zero-order valence-electron chi connectivity index (χ0n) is 9.04. The van der Waals surface area contributed by atoms with Crippen LogP contribution in [0, 0.1) is 5.92 Å². The van der Waals surface area contributed by atoms with Crippen LogP contribution in [0.15, 0.2) is 0 Å². The molecule has 3 aliphatic heterocycles. The van der Waals surface area contributed by atoms with Crippen LogP contribution in [-0.2, 0) is 4.79 Å². The number of carbonyl (C=O) groups excluding carboxylic acids is 1. The van der Waals surface area contributed by atoms with Crippen LogP contribution in [0.5, 0.6) is 0 Å². The molecule has 0 radical (unpaired) electrons. The fraction of sp³-hybridized carbons (Fsp3) is 0.909. The van der Waals surface area contributed by atoms with Crippen molar-refractivity contribution < 1.29 is 4.79 Å². The molecular formula is C11H19N3O. The highest BCUT2D eigenvalue weighted by atomic mass is 16.2. The lowest BCUT2D eigenvalue weighted by Gasteiger charge is -2.33. The Hall–Kier alpha value is -0.610. The Labute approximate surface area is 90.4 Å². The van der Waals surface area contributed by atoms with Gasteiger partial charge in [-0.25, -0.2) is 0 Å². The summed E-state index contributed by atoms with van der Waals surface area (Å²) in [4.78, 5) is 14.2. The number of rotatable bonds is 1. The van der Waals surface area contributed by atoms with E-state index in [0.717, 1.165) is 32.6 Å². The molecule has 3 saturated heterocycles. The highest BCUT2D eigenvalue weighted by molar-refractivity contribution is 5.80. The molecule has 2 bridgehead atoms. The first kappa shape index (κ1) is 9.60. The minimum Gasteiger partial charge on any atom is -0.341 e. The van der Waals surface area contributed by atoms with Gasteiger partial charge in [0.25, 0.3) is 0 Å². The van der Waals surface area contributed by atoms with Gasteiger partial charge in [-0.3, -0.25) is 4.79 Å². The van der Waals surface area contributed by atoms with Gasteiger partial charge in [-0.2, -0.15) is 0 Å². The van der Waals surface area contributed by atoms with Gasteiger partial charge in [0.05, 0.1) is 5.92 Å². The van der Waals surface area contributed by atoms with Gasteiger partial charge in [0.1, 0.15) is 0 Å². The predicted molar refractivity (Wildman–Crippen MR) is 57.5 cm³/mol. The monoisotopic (exact) mass is 209 g/mol. The van der Waals surface area contributed by atoms with Gasteiger partial charge in [-0.1, -0.05) is 0 Å². The Morgan fingerprint density at radius 2 is 1.93 bits per heavy atom. The molecule has 3 heterocycles. The third-order valence-electron chi connectivity index (χ3n) is 3.97. The summed E-state index contributed by atoms with van der Waals surface area (Å²) in [5.41, 5.74) is 0. The zero-order chi connectivity index (χ0) is 10.3. The SMILES string of the molecule is O=C(C1CNC1)N1CCC2CCC(C1)N2. The lowest BCUT2D eigenvalue weighted by Crippen LogP contribution is -2.53. The van der Waals surface area contributed by atoms with Crippen LogP contribution in [0.25, 0.3) is 0 Å². The quantitative estimate of drug-likeness (QED) is 0.615. The molecule has 0 aromatic carbocycles. The van der Waals surface area contributed by atoms with Crippen molar-refractivity contribution in [2.75, 3.05) is 26.2 Å². The number of nitrogens with zero attached hydrogens (tertiary/aromatic N) is 1. The Morgan fingerprint density at radius 3 is 2.67 bits per heavy atom. The van der Waals surface area contributed by atoms with Gasteiger partial charge in [0.15, 0.2) is 0 Å². The van der Waals surface area contributed by atoms with Gasteiger partial charge < -0.3 is 15.5 Å². The maximum atomic E-state index is 12.1. The Bertz CT molecular complexity index is 265. The molecular weight excluding hydrogens is 190 g/mol. The standard InChI is InChI=1S/C11H19N3O/c15-11(8-5-12-6-8)14-4-3-9-1-2-10(7-14)13-9/h8-10,12-13H,1-7H2. The van der Waals surface area contributed by atoms with E-state index in [9.17, 15) is 4.79 Å². The average Bonchev–Trinajstić information content (AvgIpc) is 2.42. The van der Waals surface area contributed by atoms with Crippen LogP contribution >= 0.6 is 0 Å². The minimum absolute atomic E-state index is 0.265. The molecule has 0 aromatic heterocycles. The van der Waals surface area contributed by atoms with E-state index in [2.05, 4.69) is 15.5 Å². The lowest BCUT2D eigenvalue weighted by atomic mass is 10.0. The van der Waals surface area contributed by atoms with Crippen molar-refractivity contribution in [1.82, 2.24) is 15.5 Å². The molecule has 1 amide bonds. The smallest absolute Gasteiger partial charge is 0.228 e. The van der Waals surface area contributed by atoms with E-state index in [4.69, 9.17) is 0 Å². The average molecular weight is 209 g/mol. The third-order valence-corrected chi connectivity index (χ3v) is 3.97. The number of likely N-dealkylation sites (tertiary alicyclic amines) is 1. The van der Waals surface area contributed by atoms with Gasteiger partial charge in [0.2, 0.25) is 5.91 Å².